The zero-order valence-corrected chi connectivity index (χ0v) is 27.3. The molecule has 0 saturated heterocycles. The molecular formula is C41H42O6. The maximum Gasteiger partial charge on any atom is 0.189 e. The molecule has 6 heteroatoms. The first-order chi connectivity index (χ1) is 22.5. The quantitative estimate of drug-likeness (QED) is 0.0821. The van der Waals surface area contributed by atoms with Crippen molar-refractivity contribution in [2.24, 2.45) is 0 Å². The molecular weight excluding hydrogens is 588 g/mol. The summed E-state index contributed by atoms with van der Waals surface area (Å²) < 4.78 is 5.37. The molecule has 0 aliphatic heterocycles. The standard InChI is InChI=1S/C26H30O5.C15H12O/c1-18(6-5-17-26(2,3)30)7-13-22-24(31-4)16-14-21(25(22)29)23(28)15-10-19-8-11-20(27)12-9-19;16-15(14-9-5-2-6-10-14)12-11-13-7-3-1-4-8-13/h5,7-12,14-17,27,29-30H,6,13H2,1-4H3;1-12H/b15-10+,17-5+,18-7+;12-11+. The number of hydrogen-bond donors (Lipinski definition) is 3. The lowest BCUT2D eigenvalue weighted by Crippen LogP contribution is -2.13. The van der Waals surface area contributed by atoms with Crippen molar-refractivity contribution in [2.45, 2.75) is 39.2 Å². The number of aromatic hydroxyl groups is 2. The molecule has 0 atom stereocenters. The van der Waals surface area contributed by atoms with Gasteiger partial charge in [0.1, 0.15) is 17.2 Å². The number of aliphatic hydroxyl groups is 1. The van der Waals surface area contributed by atoms with Gasteiger partial charge in [-0.3, -0.25) is 9.59 Å². The van der Waals surface area contributed by atoms with Gasteiger partial charge in [-0.05, 0) is 81.2 Å². The number of rotatable bonds is 12. The highest BCUT2D eigenvalue weighted by atomic mass is 16.5. The van der Waals surface area contributed by atoms with Crippen LogP contribution in [0.25, 0.3) is 12.2 Å². The zero-order chi connectivity index (χ0) is 34.2. The monoisotopic (exact) mass is 630 g/mol. The van der Waals surface area contributed by atoms with Gasteiger partial charge in [-0.1, -0.05) is 109 Å². The molecule has 0 aliphatic rings. The molecule has 4 rings (SSSR count). The van der Waals surface area contributed by atoms with E-state index in [2.05, 4.69) is 0 Å². The summed E-state index contributed by atoms with van der Waals surface area (Å²) in [5, 5.41) is 29.9. The Labute approximate surface area is 277 Å². The van der Waals surface area contributed by atoms with Crippen molar-refractivity contribution in [3.8, 4) is 17.2 Å². The molecule has 242 valence electrons. The Hall–Kier alpha value is -5.46. The van der Waals surface area contributed by atoms with Crippen LogP contribution >= 0.6 is 0 Å². The van der Waals surface area contributed by atoms with Crippen molar-refractivity contribution >= 4 is 23.7 Å². The minimum absolute atomic E-state index is 0.0319. The van der Waals surface area contributed by atoms with Crippen molar-refractivity contribution in [3.05, 3.63) is 161 Å². The van der Waals surface area contributed by atoms with Gasteiger partial charge in [0.2, 0.25) is 0 Å². The van der Waals surface area contributed by atoms with Crippen LogP contribution in [0.4, 0.5) is 0 Å². The molecule has 0 heterocycles. The average Bonchev–Trinajstić information content (AvgIpc) is 3.06. The number of carbonyl (C=O) groups is 2. The van der Waals surface area contributed by atoms with Gasteiger partial charge in [0.25, 0.3) is 0 Å². The van der Waals surface area contributed by atoms with E-state index in [1.54, 1.807) is 68.5 Å². The smallest absolute Gasteiger partial charge is 0.189 e. The molecule has 6 nitrogen and oxygen atoms in total. The van der Waals surface area contributed by atoms with E-state index in [4.69, 9.17) is 4.74 Å². The van der Waals surface area contributed by atoms with Crippen LogP contribution in [0.15, 0.2) is 133 Å². The van der Waals surface area contributed by atoms with E-state index < -0.39 is 5.60 Å². The summed E-state index contributed by atoms with van der Waals surface area (Å²) in [6.45, 7) is 5.39. The molecule has 0 saturated carbocycles. The van der Waals surface area contributed by atoms with Gasteiger partial charge in [0, 0.05) is 11.1 Å². The van der Waals surface area contributed by atoms with Crippen molar-refractivity contribution in [3.63, 3.8) is 0 Å². The highest BCUT2D eigenvalue weighted by Crippen LogP contribution is 2.33. The van der Waals surface area contributed by atoms with Crippen LogP contribution in [-0.4, -0.2) is 39.6 Å². The Morgan fingerprint density at radius 3 is 1.94 bits per heavy atom. The van der Waals surface area contributed by atoms with E-state index in [1.807, 2.05) is 85.8 Å². The van der Waals surface area contributed by atoms with Gasteiger partial charge in [-0.25, -0.2) is 0 Å². The van der Waals surface area contributed by atoms with Gasteiger partial charge < -0.3 is 20.1 Å². The summed E-state index contributed by atoms with van der Waals surface area (Å²) in [6, 6.07) is 28.7. The fraction of sp³-hybridized carbons (Fsp3) is 0.171. The normalized spacial score (nSPS) is 11.9. The van der Waals surface area contributed by atoms with Gasteiger partial charge in [0.15, 0.2) is 11.6 Å². The number of phenolic OH excluding ortho intramolecular Hbond substituents is 2. The molecule has 0 spiro atoms. The summed E-state index contributed by atoms with van der Waals surface area (Å²) in [5.74, 6) is 0.260. The molecule has 4 aromatic carbocycles. The summed E-state index contributed by atoms with van der Waals surface area (Å²) in [6.07, 6.45) is 13.1. The number of ether oxygens (including phenoxy) is 1. The second kappa shape index (κ2) is 17.9. The fourth-order valence-corrected chi connectivity index (χ4v) is 4.38. The van der Waals surface area contributed by atoms with E-state index >= 15 is 0 Å². The second-order valence-electron chi connectivity index (χ2n) is 11.4. The third-order valence-electron chi connectivity index (χ3n) is 6.95. The maximum absolute atomic E-state index is 12.6. The summed E-state index contributed by atoms with van der Waals surface area (Å²) in [4.78, 5) is 24.4. The van der Waals surface area contributed by atoms with E-state index in [0.29, 0.717) is 24.2 Å². The van der Waals surface area contributed by atoms with Crippen LogP contribution < -0.4 is 4.74 Å². The lowest BCUT2D eigenvalue weighted by molar-refractivity contribution is 0.103. The highest BCUT2D eigenvalue weighted by Gasteiger charge is 2.16. The molecule has 0 bridgehead atoms. The summed E-state index contributed by atoms with van der Waals surface area (Å²) >= 11 is 0. The van der Waals surface area contributed by atoms with Crippen LogP contribution in [0.1, 0.15) is 64.6 Å². The van der Waals surface area contributed by atoms with Crippen LogP contribution in [0.3, 0.4) is 0 Å². The SMILES string of the molecule is COc1ccc(C(=O)/C=C/c2ccc(O)cc2)c(O)c1C/C=C(\C)C/C=C/C(C)(C)O.O=C(/C=C/c1ccccc1)c1ccccc1. The van der Waals surface area contributed by atoms with Gasteiger partial charge >= 0.3 is 0 Å². The van der Waals surface area contributed by atoms with Crippen LogP contribution in [0.5, 0.6) is 17.2 Å². The predicted molar refractivity (Wildman–Crippen MR) is 190 cm³/mol. The van der Waals surface area contributed by atoms with Gasteiger partial charge in [-0.2, -0.15) is 0 Å². The number of ketones is 2. The molecule has 0 aliphatic carbocycles. The van der Waals surface area contributed by atoms with Gasteiger partial charge in [0.05, 0.1) is 18.3 Å². The molecule has 0 radical (unpaired) electrons. The molecule has 4 aromatic rings. The summed E-state index contributed by atoms with van der Waals surface area (Å²) in [5.41, 5.74) is 3.45. The Balaban J connectivity index is 0.000000312. The minimum atomic E-state index is -0.857. The largest absolute Gasteiger partial charge is 0.508 e. The lowest BCUT2D eigenvalue weighted by Gasteiger charge is -2.12. The number of methoxy groups -OCH3 is 1. The van der Waals surface area contributed by atoms with Gasteiger partial charge in [-0.15, -0.1) is 0 Å². The highest BCUT2D eigenvalue weighted by molar-refractivity contribution is 6.09. The first kappa shape index (κ1) is 36.0. The van der Waals surface area contributed by atoms with Crippen molar-refractivity contribution < 1.29 is 29.6 Å². The predicted octanol–water partition coefficient (Wildman–Crippen LogP) is 8.79. The molecule has 47 heavy (non-hydrogen) atoms. The Morgan fingerprint density at radius 1 is 0.766 bits per heavy atom. The lowest BCUT2D eigenvalue weighted by atomic mass is 9.99. The first-order valence-electron chi connectivity index (χ1n) is 15.3. The van der Waals surface area contributed by atoms with E-state index in [1.165, 1.54) is 13.2 Å². The molecule has 3 N–H and O–H groups in total. The number of allylic oxidation sites excluding steroid dienone is 5. The van der Waals surface area contributed by atoms with Crippen LogP contribution in [0.2, 0.25) is 0 Å². The fourth-order valence-electron chi connectivity index (χ4n) is 4.38. The number of carbonyl (C=O) groups excluding carboxylic acids is 2. The van der Waals surface area contributed by atoms with E-state index in [0.717, 1.165) is 22.3 Å². The number of benzene rings is 4. The van der Waals surface area contributed by atoms with E-state index in [9.17, 15) is 24.9 Å². The number of phenols is 2. The molecule has 0 aromatic heterocycles. The Bertz CT molecular complexity index is 1720. The maximum atomic E-state index is 12.6. The molecule has 0 fully saturated rings. The third-order valence-corrected chi connectivity index (χ3v) is 6.95. The van der Waals surface area contributed by atoms with Crippen LogP contribution in [0, 0.1) is 0 Å². The second-order valence-corrected chi connectivity index (χ2v) is 11.4. The van der Waals surface area contributed by atoms with Crippen LogP contribution in [-0.2, 0) is 6.42 Å². The number of hydrogen-bond acceptors (Lipinski definition) is 6. The minimum Gasteiger partial charge on any atom is -0.508 e. The van der Waals surface area contributed by atoms with Crippen molar-refractivity contribution in [2.75, 3.05) is 7.11 Å². The summed E-state index contributed by atoms with van der Waals surface area (Å²) in [7, 11) is 1.52. The Morgan fingerprint density at radius 2 is 1.34 bits per heavy atom. The van der Waals surface area contributed by atoms with Crippen molar-refractivity contribution in [1.82, 2.24) is 0 Å². The Kier molecular flexibility index (Phi) is 13.7. The third kappa shape index (κ3) is 12.5. The van der Waals surface area contributed by atoms with Crippen molar-refractivity contribution in [1.29, 1.82) is 0 Å². The molecule has 0 amide bonds. The average molecular weight is 631 g/mol. The first-order valence-corrected chi connectivity index (χ1v) is 15.3. The zero-order valence-electron chi connectivity index (χ0n) is 27.3. The van der Waals surface area contributed by atoms with E-state index in [-0.39, 0.29) is 28.6 Å². The topological polar surface area (TPSA) is 104 Å². The molecule has 0 unspecified atom stereocenters.